The molecule has 6 nitrogen and oxygen atoms in total. The molecule has 162 valence electrons. The summed E-state index contributed by atoms with van der Waals surface area (Å²) < 4.78 is 11.8. The van der Waals surface area contributed by atoms with Gasteiger partial charge in [0.15, 0.2) is 12.4 Å². The maximum Gasteiger partial charge on any atom is 0.260 e. The van der Waals surface area contributed by atoms with E-state index in [1.54, 1.807) is 0 Å². The summed E-state index contributed by atoms with van der Waals surface area (Å²) in [7, 11) is 0. The van der Waals surface area contributed by atoms with Gasteiger partial charge in [0.2, 0.25) is 0 Å². The summed E-state index contributed by atoms with van der Waals surface area (Å²) >= 11 is 0. The summed E-state index contributed by atoms with van der Waals surface area (Å²) in [5, 5.41) is 0. The molecule has 32 heavy (non-hydrogen) atoms. The van der Waals surface area contributed by atoms with E-state index in [0.717, 1.165) is 34.1 Å². The molecular formula is C26H25N3O3. The smallest absolute Gasteiger partial charge is 0.260 e. The minimum Gasteiger partial charge on any atom is -0.484 e. The van der Waals surface area contributed by atoms with Crippen molar-refractivity contribution in [3.63, 3.8) is 0 Å². The number of aliphatic imine (C=N–C) groups is 1. The van der Waals surface area contributed by atoms with E-state index in [4.69, 9.17) is 14.5 Å². The number of carbonyl (C=O) groups is 1. The summed E-state index contributed by atoms with van der Waals surface area (Å²) in [5.74, 6) is 3.15. The fraction of sp³-hybridized carbons (Fsp3) is 0.231. The van der Waals surface area contributed by atoms with Crippen molar-refractivity contribution in [2.24, 2.45) is 4.99 Å². The van der Waals surface area contributed by atoms with Crippen molar-refractivity contribution in [1.29, 1.82) is 0 Å². The first-order chi connectivity index (χ1) is 15.7. The molecule has 0 aromatic heterocycles. The first kappa shape index (κ1) is 20.1. The number of para-hydroxylation sites is 3. The lowest BCUT2D eigenvalue weighted by Crippen LogP contribution is -2.51. The number of hydrogen-bond donors (Lipinski definition) is 0. The molecule has 2 aliphatic heterocycles. The third-order valence-electron chi connectivity index (χ3n) is 5.72. The van der Waals surface area contributed by atoms with E-state index >= 15 is 0 Å². The molecule has 0 aliphatic carbocycles. The number of amides is 1. The van der Waals surface area contributed by atoms with Crippen molar-refractivity contribution in [1.82, 2.24) is 9.80 Å². The number of rotatable bonds is 3. The summed E-state index contributed by atoms with van der Waals surface area (Å²) in [6.45, 7) is 4.77. The van der Waals surface area contributed by atoms with Crippen molar-refractivity contribution >= 4 is 17.4 Å². The number of carbonyl (C=O) groups excluding carboxylic acids is 1. The lowest BCUT2D eigenvalue weighted by atomic mass is 10.1. The van der Waals surface area contributed by atoms with Crippen molar-refractivity contribution in [2.75, 3.05) is 32.8 Å². The minimum atomic E-state index is 0.00114. The summed E-state index contributed by atoms with van der Waals surface area (Å²) in [6.07, 6.45) is 0. The van der Waals surface area contributed by atoms with Crippen molar-refractivity contribution < 1.29 is 14.3 Å². The fourth-order valence-electron chi connectivity index (χ4n) is 4.00. The van der Waals surface area contributed by atoms with Crippen LogP contribution >= 0.6 is 0 Å². The van der Waals surface area contributed by atoms with Gasteiger partial charge >= 0.3 is 0 Å². The number of benzene rings is 3. The van der Waals surface area contributed by atoms with Gasteiger partial charge in [0.1, 0.15) is 23.0 Å². The fourth-order valence-corrected chi connectivity index (χ4v) is 4.00. The van der Waals surface area contributed by atoms with Gasteiger partial charge in [-0.05, 0) is 43.3 Å². The van der Waals surface area contributed by atoms with Crippen LogP contribution in [0.2, 0.25) is 0 Å². The molecule has 2 aliphatic rings. The van der Waals surface area contributed by atoms with Gasteiger partial charge in [-0.1, -0.05) is 42.0 Å². The Morgan fingerprint density at radius 3 is 2.50 bits per heavy atom. The van der Waals surface area contributed by atoms with Gasteiger partial charge in [-0.25, -0.2) is 4.99 Å². The number of amidine groups is 1. The number of nitrogens with zero attached hydrogens (tertiary/aromatic N) is 3. The highest BCUT2D eigenvalue weighted by Gasteiger charge is 2.27. The van der Waals surface area contributed by atoms with E-state index in [9.17, 15) is 4.79 Å². The molecule has 0 saturated carbocycles. The maximum absolute atomic E-state index is 12.6. The van der Waals surface area contributed by atoms with E-state index < -0.39 is 0 Å². The third-order valence-corrected chi connectivity index (χ3v) is 5.72. The molecular weight excluding hydrogens is 402 g/mol. The lowest BCUT2D eigenvalue weighted by Gasteiger charge is -2.36. The van der Waals surface area contributed by atoms with E-state index in [2.05, 4.69) is 17.9 Å². The van der Waals surface area contributed by atoms with Crippen LogP contribution in [0, 0.1) is 6.92 Å². The molecule has 0 bridgehead atoms. The average molecular weight is 428 g/mol. The van der Waals surface area contributed by atoms with Gasteiger partial charge in [-0.15, -0.1) is 0 Å². The SMILES string of the molecule is Cc1ccc2c(c1)C(N1CCN(C(=O)COc3ccccc3)CC1)=Nc1ccccc1O2. The molecule has 1 saturated heterocycles. The van der Waals surface area contributed by atoms with Crippen LogP contribution < -0.4 is 9.47 Å². The molecule has 2 heterocycles. The number of ether oxygens (including phenoxy) is 2. The van der Waals surface area contributed by atoms with Crippen LogP contribution in [0.4, 0.5) is 5.69 Å². The predicted molar refractivity (Wildman–Crippen MR) is 124 cm³/mol. The lowest BCUT2D eigenvalue weighted by molar-refractivity contribution is -0.134. The summed E-state index contributed by atoms with van der Waals surface area (Å²) in [6, 6.07) is 23.4. The monoisotopic (exact) mass is 427 g/mol. The average Bonchev–Trinajstić information content (AvgIpc) is 3.00. The van der Waals surface area contributed by atoms with Gasteiger partial charge in [0.25, 0.3) is 5.91 Å². The Morgan fingerprint density at radius 2 is 1.69 bits per heavy atom. The molecule has 0 unspecified atom stereocenters. The molecule has 5 rings (SSSR count). The zero-order valence-electron chi connectivity index (χ0n) is 18.0. The number of hydrogen-bond acceptors (Lipinski definition) is 5. The van der Waals surface area contributed by atoms with Crippen molar-refractivity contribution in [3.05, 3.63) is 83.9 Å². The molecule has 0 spiro atoms. The van der Waals surface area contributed by atoms with E-state index in [1.165, 1.54) is 0 Å². The zero-order chi connectivity index (χ0) is 21.9. The Bertz CT molecular complexity index is 1150. The molecule has 0 atom stereocenters. The Kier molecular flexibility index (Phi) is 5.50. The van der Waals surface area contributed by atoms with E-state index in [0.29, 0.717) is 31.9 Å². The molecule has 1 amide bonds. The minimum absolute atomic E-state index is 0.00114. The van der Waals surface area contributed by atoms with Crippen LogP contribution in [0.1, 0.15) is 11.1 Å². The number of fused-ring (bicyclic) bond motifs is 2. The summed E-state index contributed by atoms with van der Waals surface area (Å²) in [4.78, 5) is 21.7. The van der Waals surface area contributed by atoms with Crippen LogP contribution in [-0.2, 0) is 4.79 Å². The van der Waals surface area contributed by atoms with Crippen LogP contribution in [-0.4, -0.2) is 54.3 Å². The molecule has 1 fully saturated rings. The van der Waals surface area contributed by atoms with E-state index in [-0.39, 0.29) is 12.5 Å². The molecule has 3 aromatic carbocycles. The normalized spacial score (nSPS) is 15.1. The quantitative estimate of drug-likeness (QED) is 0.622. The molecule has 3 aromatic rings. The van der Waals surface area contributed by atoms with Gasteiger partial charge in [0.05, 0.1) is 5.56 Å². The van der Waals surface area contributed by atoms with Gasteiger partial charge in [-0.2, -0.15) is 0 Å². The molecule has 0 N–H and O–H groups in total. The third kappa shape index (κ3) is 4.17. The van der Waals surface area contributed by atoms with E-state index in [1.807, 2.05) is 71.6 Å². The van der Waals surface area contributed by atoms with Gasteiger partial charge < -0.3 is 19.3 Å². The second kappa shape index (κ2) is 8.75. The van der Waals surface area contributed by atoms with Crippen molar-refractivity contribution in [2.45, 2.75) is 6.92 Å². The molecule has 6 heteroatoms. The van der Waals surface area contributed by atoms with Crippen molar-refractivity contribution in [3.8, 4) is 17.2 Å². The topological polar surface area (TPSA) is 54.4 Å². The predicted octanol–water partition coefficient (Wildman–Crippen LogP) is 4.40. The number of aryl methyl sites for hydroxylation is 1. The highest BCUT2D eigenvalue weighted by atomic mass is 16.5. The Hall–Kier alpha value is -3.80. The first-order valence-electron chi connectivity index (χ1n) is 10.8. The van der Waals surface area contributed by atoms with Crippen LogP contribution in [0.3, 0.4) is 0 Å². The summed E-state index contributed by atoms with van der Waals surface area (Å²) in [5.41, 5.74) is 2.94. The Morgan fingerprint density at radius 1 is 0.938 bits per heavy atom. The molecule has 0 radical (unpaired) electrons. The Labute approximate surface area is 187 Å². The van der Waals surface area contributed by atoms with Gasteiger partial charge in [-0.3, -0.25) is 4.79 Å². The van der Waals surface area contributed by atoms with Crippen LogP contribution in [0.25, 0.3) is 0 Å². The Balaban J connectivity index is 1.32. The zero-order valence-corrected chi connectivity index (χ0v) is 18.0. The van der Waals surface area contributed by atoms with Crippen LogP contribution in [0.15, 0.2) is 77.8 Å². The highest BCUT2D eigenvalue weighted by Crippen LogP contribution is 2.38. The largest absolute Gasteiger partial charge is 0.484 e. The second-order valence-corrected chi connectivity index (χ2v) is 7.97. The number of piperazine rings is 1. The highest BCUT2D eigenvalue weighted by molar-refractivity contribution is 6.04. The van der Waals surface area contributed by atoms with Crippen LogP contribution in [0.5, 0.6) is 17.2 Å². The maximum atomic E-state index is 12.6. The standard InChI is InChI=1S/C26H25N3O3/c1-19-11-12-23-21(17-19)26(27-22-9-5-6-10-24(22)32-23)29-15-13-28(14-16-29)25(30)18-31-20-7-3-2-4-8-20/h2-12,17H,13-16,18H2,1H3. The first-order valence-corrected chi connectivity index (χ1v) is 10.8. The second-order valence-electron chi connectivity index (χ2n) is 7.97. The van der Waals surface area contributed by atoms with Gasteiger partial charge in [0, 0.05) is 26.2 Å².